The van der Waals surface area contributed by atoms with Gasteiger partial charge in [-0.1, -0.05) is 20.8 Å². The van der Waals surface area contributed by atoms with Crippen molar-refractivity contribution in [3.63, 3.8) is 0 Å². The summed E-state index contributed by atoms with van der Waals surface area (Å²) in [5, 5.41) is 0. The third-order valence-corrected chi connectivity index (χ3v) is 1.05. The van der Waals surface area contributed by atoms with E-state index in [1.807, 2.05) is 0 Å². The number of rotatable bonds is 3. The lowest BCUT2D eigenvalue weighted by Gasteiger charge is -2.17. The topological polar surface area (TPSA) is 9.23 Å². The van der Waals surface area contributed by atoms with Crippen LogP contribution in [0.2, 0.25) is 0 Å². The normalized spacial score (nSPS) is 13.7. The number of hydrogen-bond donors (Lipinski definition) is 0. The molecule has 0 fully saturated rings. The smallest absolute Gasteiger partial charge is 0.0879 e. The van der Waals surface area contributed by atoms with Crippen LogP contribution in [0.1, 0.15) is 27.7 Å². The Morgan fingerprint density at radius 3 is 2.36 bits per heavy atom. The van der Waals surface area contributed by atoms with Gasteiger partial charge >= 0.3 is 0 Å². The average Bonchev–Trinajstić information content (AvgIpc) is 1.85. The van der Waals surface area contributed by atoms with Crippen molar-refractivity contribution in [1.82, 2.24) is 0 Å². The van der Waals surface area contributed by atoms with Gasteiger partial charge in [0.1, 0.15) is 0 Å². The molecule has 0 aromatic heterocycles. The lowest BCUT2D eigenvalue weighted by Crippen LogP contribution is -2.15. The zero-order valence-corrected chi connectivity index (χ0v) is 7.78. The van der Waals surface area contributed by atoms with E-state index in [1.54, 1.807) is 6.92 Å². The second-order valence-electron chi connectivity index (χ2n) is 4.01. The summed E-state index contributed by atoms with van der Waals surface area (Å²) in [6, 6.07) is 0. The molecule has 0 aliphatic heterocycles. The quantitative estimate of drug-likeness (QED) is 0.616. The highest BCUT2D eigenvalue weighted by molar-refractivity contribution is 4.92. The van der Waals surface area contributed by atoms with E-state index >= 15 is 0 Å². The van der Waals surface area contributed by atoms with Crippen LogP contribution in [-0.2, 0) is 4.74 Å². The van der Waals surface area contributed by atoms with Crippen LogP contribution in [0.4, 0.5) is 4.39 Å². The molecule has 0 radical (unpaired) electrons. The first-order chi connectivity index (χ1) is 4.95. The molecule has 0 unspecified atom stereocenters. The first-order valence-corrected chi connectivity index (χ1v) is 3.79. The minimum atomic E-state index is 0.163. The Hall–Kier alpha value is -0.370. The Balaban J connectivity index is 3.43. The summed E-state index contributed by atoms with van der Waals surface area (Å²) in [5.74, 6) is 0. The van der Waals surface area contributed by atoms with Gasteiger partial charge in [-0.05, 0) is 17.9 Å². The predicted molar refractivity (Wildman–Crippen MR) is 45.1 cm³/mol. The molecule has 0 saturated carbocycles. The molecule has 11 heavy (non-hydrogen) atoms. The minimum absolute atomic E-state index is 0.163. The number of halogens is 1. The summed E-state index contributed by atoms with van der Waals surface area (Å²) < 4.78 is 17.0. The fourth-order valence-electron chi connectivity index (χ4n) is 0.550. The number of hydrogen-bond acceptors (Lipinski definition) is 1. The molecule has 2 heteroatoms. The molecule has 0 spiro atoms. The van der Waals surface area contributed by atoms with E-state index in [1.165, 1.54) is 0 Å². The van der Waals surface area contributed by atoms with Gasteiger partial charge in [-0.3, -0.25) is 0 Å². The van der Waals surface area contributed by atoms with Gasteiger partial charge in [-0.25, -0.2) is 4.39 Å². The van der Waals surface area contributed by atoms with Gasteiger partial charge in [-0.2, -0.15) is 0 Å². The maximum Gasteiger partial charge on any atom is 0.0879 e. The lowest BCUT2D eigenvalue weighted by atomic mass is 9.99. The maximum atomic E-state index is 11.8. The van der Waals surface area contributed by atoms with Gasteiger partial charge < -0.3 is 4.74 Å². The maximum absolute atomic E-state index is 11.8. The zero-order valence-electron chi connectivity index (χ0n) is 7.78. The van der Waals surface area contributed by atoms with E-state index in [0.717, 1.165) is 0 Å². The highest BCUT2D eigenvalue weighted by atomic mass is 19.1. The molecule has 0 rings (SSSR count). The van der Waals surface area contributed by atoms with Gasteiger partial charge in [-0.15, -0.1) is 0 Å². The minimum Gasteiger partial charge on any atom is -0.376 e. The van der Waals surface area contributed by atoms with Crippen LogP contribution < -0.4 is 0 Å². The molecule has 0 aliphatic rings. The molecule has 0 aliphatic carbocycles. The van der Waals surface area contributed by atoms with Crippen LogP contribution in [0.25, 0.3) is 0 Å². The Labute approximate surface area is 68.2 Å². The van der Waals surface area contributed by atoms with Gasteiger partial charge in [0.25, 0.3) is 0 Å². The lowest BCUT2D eigenvalue weighted by molar-refractivity contribution is 0.0862. The van der Waals surface area contributed by atoms with E-state index in [0.29, 0.717) is 25.1 Å². The Kier molecular flexibility index (Phi) is 4.34. The summed E-state index contributed by atoms with van der Waals surface area (Å²) in [5.41, 5.74) is 0.797. The summed E-state index contributed by atoms with van der Waals surface area (Å²) in [6.07, 6.45) is 0.586. The van der Waals surface area contributed by atoms with Crippen LogP contribution in [0.15, 0.2) is 11.9 Å². The fraction of sp³-hybridized carbons (Fsp3) is 0.778. The van der Waals surface area contributed by atoms with E-state index < -0.39 is 0 Å². The third-order valence-electron chi connectivity index (χ3n) is 1.05. The number of ether oxygens (including phenoxy) is 1. The molecule has 0 saturated heterocycles. The van der Waals surface area contributed by atoms with E-state index in [9.17, 15) is 4.39 Å². The molecular formula is C9H17FO. The summed E-state index contributed by atoms with van der Waals surface area (Å²) in [4.78, 5) is 0. The largest absolute Gasteiger partial charge is 0.376 e. The molecule has 0 heterocycles. The SMILES string of the molecule is C/C(=C\F)COCC(C)(C)C. The molecule has 0 atom stereocenters. The molecule has 0 aromatic carbocycles. The second-order valence-corrected chi connectivity index (χ2v) is 4.01. The van der Waals surface area contributed by atoms with E-state index in [2.05, 4.69) is 20.8 Å². The summed E-state index contributed by atoms with van der Waals surface area (Å²) in [7, 11) is 0. The molecular weight excluding hydrogens is 143 g/mol. The predicted octanol–water partition coefficient (Wildman–Crippen LogP) is 2.92. The zero-order chi connectivity index (χ0) is 8.91. The second kappa shape index (κ2) is 4.50. The van der Waals surface area contributed by atoms with Crippen LogP contribution in [0, 0.1) is 5.41 Å². The first-order valence-electron chi connectivity index (χ1n) is 3.79. The van der Waals surface area contributed by atoms with Crippen molar-refractivity contribution in [2.24, 2.45) is 5.41 Å². The van der Waals surface area contributed by atoms with Crippen LogP contribution in [-0.4, -0.2) is 13.2 Å². The van der Waals surface area contributed by atoms with Crippen LogP contribution in [0.5, 0.6) is 0 Å². The molecule has 66 valence electrons. The van der Waals surface area contributed by atoms with Crippen LogP contribution in [0.3, 0.4) is 0 Å². The molecule has 0 aromatic rings. The van der Waals surface area contributed by atoms with E-state index in [-0.39, 0.29) is 5.41 Å². The highest BCUT2D eigenvalue weighted by Crippen LogP contribution is 2.13. The van der Waals surface area contributed by atoms with Crippen molar-refractivity contribution in [3.05, 3.63) is 11.9 Å². The Morgan fingerprint density at radius 2 is 2.00 bits per heavy atom. The van der Waals surface area contributed by atoms with Gasteiger partial charge in [0.15, 0.2) is 0 Å². The average molecular weight is 160 g/mol. The fourth-order valence-corrected chi connectivity index (χ4v) is 0.550. The molecule has 0 bridgehead atoms. The monoisotopic (exact) mass is 160 g/mol. The van der Waals surface area contributed by atoms with Crippen molar-refractivity contribution in [2.45, 2.75) is 27.7 Å². The third kappa shape index (κ3) is 7.53. The first kappa shape index (κ1) is 10.6. The molecule has 0 amide bonds. The van der Waals surface area contributed by atoms with Crippen molar-refractivity contribution >= 4 is 0 Å². The van der Waals surface area contributed by atoms with Crippen molar-refractivity contribution in [3.8, 4) is 0 Å². The highest BCUT2D eigenvalue weighted by Gasteiger charge is 2.09. The van der Waals surface area contributed by atoms with Crippen LogP contribution >= 0.6 is 0 Å². The standard InChI is InChI=1S/C9H17FO/c1-8(5-10)6-11-7-9(2,3)4/h5H,6-7H2,1-4H3/b8-5+. The van der Waals surface area contributed by atoms with Crippen molar-refractivity contribution < 1.29 is 9.13 Å². The van der Waals surface area contributed by atoms with E-state index in [4.69, 9.17) is 4.74 Å². The Morgan fingerprint density at radius 1 is 1.45 bits per heavy atom. The summed E-state index contributed by atoms with van der Waals surface area (Å²) >= 11 is 0. The van der Waals surface area contributed by atoms with Gasteiger partial charge in [0, 0.05) is 0 Å². The molecule has 0 N–H and O–H groups in total. The van der Waals surface area contributed by atoms with Crippen molar-refractivity contribution in [2.75, 3.05) is 13.2 Å². The Bertz CT molecular complexity index is 133. The van der Waals surface area contributed by atoms with Crippen molar-refractivity contribution in [1.29, 1.82) is 0 Å². The van der Waals surface area contributed by atoms with Gasteiger partial charge in [0.05, 0.1) is 19.5 Å². The summed E-state index contributed by atoms with van der Waals surface area (Å²) in [6.45, 7) is 9.03. The molecule has 1 nitrogen and oxygen atoms in total. The van der Waals surface area contributed by atoms with Gasteiger partial charge in [0.2, 0.25) is 0 Å².